The number of hydrogen-bond donors (Lipinski definition) is 1. The van der Waals surface area contributed by atoms with E-state index in [-0.39, 0.29) is 17.2 Å². The number of phenols is 1. The van der Waals surface area contributed by atoms with Gasteiger partial charge in [-0.3, -0.25) is 4.31 Å². The van der Waals surface area contributed by atoms with Gasteiger partial charge in [0.15, 0.2) is 0 Å². The van der Waals surface area contributed by atoms with E-state index in [4.69, 9.17) is 0 Å². The molecule has 0 radical (unpaired) electrons. The predicted octanol–water partition coefficient (Wildman–Crippen LogP) is 3.68. The highest BCUT2D eigenvalue weighted by atomic mass is 79.9. The smallest absolute Gasteiger partial charge is 0.264 e. The number of anilines is 1. The van der Waals surface area contributed by atoms with Gasteiger partial charge in [-0.15, -0.1) is 0 Å². The number of phenolic OH excluding ortho intramolecular Hbond substituents is 1. The zero-order valence-corrected chi connectivity index (χ0v) is 14.1. The number of aryl methyl sites for hydroxylation is 1. The number of nitrogens with zero attached hydrogens (tertiary/aromatic N) is 1. The largest absolute Gasteiger partial charge is 0.508 e. The molecule has 2 rings (SSSR count). The molecule has 0 atom stereocenters. The van der Waals surface area contributed by atoms with Crippen molar-refractivity contribution in [1.82, 2.24) is 0 Å². The Balaban J connectivity index is 2.51. The van der Waals surface area contributed by atoms with Crippen LogP contribution in [0.1, 0.15) is 12.5 Å². The van der Waals surface area contributed by atoms with Gasteiger partial charge in [-0.2, -0.15) is 0 Å². The molecule has 21 heavy (non-hydrogen) atoms. The zero-order valence-electron chi connectivity index (χ0n) is 11.7. The van der Waals surface area contributed by atoms with Crippen molar-refractivity contribution in [3.05, 3.63) is 52.5 Å². The lowest BCUT2D eigenvalue weighted by Gasteiger charge is -2.23. The van der Waals surface area contributed by atoms with E-state index < -0.39 is 10.0 Å². The fourth-order valence-electron chi connectivity index (χ4n) is 2.04. The monoisotopic (exact) mass is 369 g/mol. The molecule has 0 bridgehead atoms. The highest BCUT2D eigenvalue weighted by Gasteiger charge is 2.24. The molecule has 0 saturated carbocycles. The molecule has 0 saturated heterocycles. The van der Waals surface area contributed by atoms with E-state index in [9.17, 15) is 13.5 Å². The molecule has 0 unspecified atom stereocenters. The van der Waals surface area contributed by atoms with E-state index >= 15 is 0 Å². The van der Waals surface area contributed by atoms with Crippen molar-refractivity contribution >= 4 is 31.6 Å². The Morgan fingerprint density at radius 2 is 1.90 bits per heavy atom. The lowest BCUT2D eigenvalue weighted by molar-refractivity contribution is 0.475. The van der Waals surface area contributed by atoms with E-state index in [2.05, 4.69) is 15.9 Å². The predicted molar refractivity (Wildman–Crippen MR) is 87.2 cm³/mol. The summed E-state index contributed by atoms with van der Waals surface area (Å²) in [7, 11) is -3.66. The fraction of sp³-hybridized carbons (Fsp3) is 0.200. The van der Waals surface area contributed by atoms with Gasteiger partial charge in [-0.05, 0) is 49.7 Å². The molecular formula is C15H16BrNO3S. The molecule has 2 aromatic rings. The normalized spacial score (nSPS) is 11.4. The summed E-state index contributed by atoms with van der Waals surface area (Å²) in [5.41, 5.74) is 1.29. The van der Waals surface area contributed by atoms with Crippen LogP contribution in [0.15, 0.2) is 51.8 Å². The van der Waals surface area contributed by atoms with Gasteiger partial charge in [0.05, 0.1) is 10.6 Å². The molecule has 0 aliphatic heterocycles. The first-order valence-electron chi connectivity index (χ1n) is 6.44. The van der Waals surface area contributed by atoms with Crippen molar-refractivity contribution in [1.29, 1.82) is 0 Å². The van der Waals surface area contributed by atoms with Crippen LogP contribution in [0.25, 0.3) is 0 Å². The number of sulfonamides is 1. The van der Waals surface area contributed by atoms with Gasteiger partial charge >= 0.3 is 0 Å². The number of hydrogen-bond acceptors (Lipinski definition) is 3. The minimum Gasteiger partial charge on any atom is -0.508 e. The molecule has 6 heteroatoms. The van der Waals surface area contributed by atoms with E-state index in [1.165, 1.54) is 16.4 Å². The Morgan fingerprint density at radius 3 is 2.48 bits per heavy atom. The maximum atomic E-state index is 12.8. The SMILES string of the molecule is CCN(c1cccc(O)c1)S(=O)(=O)c1ccc(Br)c(C)c1. The first-order valence-corrected chi connectivity index (χ1v) is 8.67. The molecule has 4 nitrogen and oxygen atoms in total. The van der Waals surface area contributed by atoms with Gasteiger partial charge in [0.2, 0.25) is 0 Å². The molecule has 0 aliphatic carbocycles. The van der Waals surface area contributed by atoms with Crippen LogP contribution >= 0.6 is 15.9 Å². The maximum absolute atomic E-state index is 12.8. The Morgan fingerprint density at radius 1 is 1.19 bits per heavy atom. The van der Waals surface area contributed by atoms with E-state index in [0.29, 0.717) is 5.69 Å². The summed E-state index contributed by atoms with van der Waals surface area (Å²) in [6.07, 6.45) is 0. The van der Waals surface area contributed by atoms with Gasteiger partial charge in [-0.25, -0.2) is 8.42 Å². The lowest BCUT2D eigenvalue weighted by atomic mass is 10.2. The zero-order chi connectivity index (χ0) is 15.6. The molecule has 0 spiro atoms. The van der Waals surface area contributed by atoms with Crippen LogP contribution in [-0.2, 0) is 10.0 Å². The van der Waals surface area contributed by atoms with Gasteiger partial charge in [0.25, 0.3) is 10.0 Å². The Bertz CT molecular complexity index is 759. The summed E-state index contributed by atoms with van der Waals surface area (Å²) < 4.78 is 27.7. The van der Waals surface area contributed by atoms with Crippen LogP contribution in [-0.4, -0.2) is 20.1 Å². The number of aromatic hydroxyl groups is 1. The van der Waals surface area contributed by atoms with Gasteiger partial charge in [0, 0.05) is 17.1 Å². The van der Waals surface area contributed by atoms with E-state index in [0.717, 1.165) is 10.0 Å². The molecule has 0 aliphatic rings. The summed E-state index contributed by atoms with van der Waals surface area (Å²) in [6.45, 7) is 3.88. The second-order valence-electron chi connectivity index (χ2n) is 4.60. The summed E-state index contributed by atoms with van der Waals surface area (Å²) in [5.74, 6) is 0.0353. The summed E-state index contributed by atoms with van der Waals surface area (Å²) in [5, 5.41) is 9.55. The van der Waals surface area contributed by atoms with Crippen molar-refractivity contribution in [2.75, 3.05) is 10.8 Å². The first-order chi connectivity index (χ1) is 9.86. The standard InChI is InChI=1S/C15H16BrNO3S/c1-3-17(12-5-4-6-13(18)10-12)21(19,20)14-7-8-15(16)11(2)9-14/h4-10,18H,3H2,1-2H3. The van der Waals surface area contributed by atoms with Crippen molar-refractivity contribution < 1.29 is 13.5 Å². The Hall–Kier alpha value is -1.53. The maximum Gasteiger partial charge on any atom is 0.264 e. The molecule has 112 valence electrons. The average molecular weight is 370 g/mol. The van der Waals surface area contributed by atoms with Gasteiger partial charge < -0.3 is 5.11 Å². The van der Waals surface area contributed by atoms with E-state index in [1.807, 2.05) is 6.92 Å². The second kappa shape index (κ2) is 6.07. The topological polar surface area (TPSA) is 57.6 Å². The van der Waals surface area contributed by atoms with Crippen LogP contribution in [0.4, 0.5) is 5.69 Å². The second-order valence-corrected chi connectivity index (χ2v) is 7.32. The minimum absolute atomic E-state index is 0.0353. The van der Waals surface area contributed by atoms with E-state index in [1.54, 1.807) is 37.3 Å². The number of benzene rings is 2. The Kier molecular flexibility index (Phi) is 4.58. The van der Waals surface area contributed by atoms with Gasteiger partial charge in [-0.1, -0.05) is 22.0 Å². The molecule has 0 aromatic heterocycles. The van der Waals surface area contributed by atoms with Crippen LogP contribution in [0.2, 0.25) is 0 Å². The van der Waals surface area contributed by atoms with Gasteiger partial charge in [0.1, 0.15) is 5.75 Å². The van der Waals surface area contributed by atoms with Crippen LogP contribution in [0, 0.1) is 6.92 Å². The average Bonchev–Trinajstić information content (AvgIpc) is 2.42. The third-order valence-electron chi connectivity index (χ3n) is 3.12. The summed E-state index contributed by atoms with van der Waals surface area (Å²) in [6, 6.07) is 11.1. The van der Waals surface area contributed by atoms with Crippen molar-refractivity contribution in [2.45, 2.75) is 18.7 Å². The number of rotatable bonds is 4. The molecule has 0 heterocycles. The highest BCUT2D eigenvalue weighted by molar-refractivity contribution is 9.10. The fourth-order valence-corrected chi connectivity index (χ4v) is 3.84. The number of halogens is 1. The van der Waals surface area contributed by atoms with Crippen LogP contribution in [0.3, 0.4) is 0 Å². The van der Waals surface area contributed by atoms with Crippen LogP contribution < -0.4 is 4.31 Å². The lowest BCUT2D eigenvalue weighted by Crippen LogP contribution is -2.30. The summed E-state index contributed by atoms with van der Waals surface area (Å²) in [4.78, 5) is 0.230. The van der Waals surface area contributed by atoms with Crippen LogP contribution in [0.5, 0.6) is 5.75 Å². The summed E-state index contributed by atoms with van der Waals surface area (Å²) >= 11 is 3.36. The highest BCUT2D eigenvalue weighted by Crippen LogP contribution is 2.28. The molecule has 1 N–H and O–H groups in total. The first kappa shape index (κ1) is 15.9. The third-order valence-corrected chi connectivity index (χ3v) is 5.91. The van der Waals surface area contributed by atoms with Crippen molar-refractivity contribution in [3.8, 4) is 5.75 Å². The third kappa shape index (κ3) is 3.22. The quantitative estimate of drug-likeness (QED) is 0.893. The molecule has 0 fully saturated rings. The minimum atomic E-state index is -3.66. The molecule has 2 aromatic carbocycles. The Labute approximate surface area is 133 Å². The molecular weight excluding hydrogens is 354 g/mol. The molecule has 0 amide bonds. The van der Waals surface area contributed by atoms with Crippen molar-refractivity contribution in [3.63, 3.8) is 0 Å². The van der Waals surface area contributed by atoms with Crippen molar-refractivity contribution in [2.24, 2.45) is 0 Å².